The van der Waals surface area contributed by atoms with Crippen LogP contribution in [0.3, 0.4) is 0 Å². The van der Waals surface area contributed by atoms with Crippen LogP contribution in [0.2, 0.25) is 0 Å². The fourth-order valence-corrected chi connectivity index (χ4v) is 1.94. The predicted octanol–water partition coefficient (Wildman–Crippen LogP) is 2.85. The van der Waals surface area contributed by atoms with Gasteiger partial charge in [-0.05, 0) is 24.3 Å². The number of hydrogen-bond acceptors (Lipinski definition) is 3. The van der Waals surface area contributed by atoms with E-state index in [0.717, 1.165) is 10.2 Å². The van der Waals surface area contributed by atoms with Gasteiger partial charge in [0.2, 0.25) is 0 Å². The van der Waals surface area contributed by atoms with Crippen molar-refractivity contribution in [2.75, 3.05) is 7.11 Å². The van der Waals surface area contributed by atoms with Crippen LogP contribution in [-0.4, -0.2) is 22.7 Å². The molecule has 17 heavy (non-hydrogen) atoms. The maximum Gasteiger partial charge on any atom is 0.178 e. The van der Waals surface area contributed by atoms with Crippen LogP contribution in [0.25, 0.3) is 5.69 Å². The van der Waals surface area contributed by atoms with E-state index >= 15 is 0 Å². The molecule has 0 unspecified atom stereocenters. The number of rotatable bonds is 3. The zero-order valence-corrected chi connectivity index (χ0v) is 11.1. The van der Waals surface area contributed by atoms with E-state index in [1.807, 2.05) is 18.2 Å². The van der Waals surface area contributed by atoms with E-state index in [9.17, 15) is 4.79 Å². The number of carbonyl (C=O) groups excluding carboxylic acids is 1. The maximum atomic E-state index is 11.5. The molecule has 1 aromatic carbocycles. The lowest BCUT2D eigenvalue weighted by Crippen LogP contribution is -2.07. The van der Waals surface area contributed by atoms with E-state index in [1.165, 1.54) is 6.92 Å². The van der Waals surface area contributed by atoms with Crippen molar-refractivity contribution in [1.82, 2.24) is 9.78 Å². The highest BCUT2D eigenvalue weighted by Crippen LogP contribution is 2.27. The Hall–Kier alpha value is -1.62. The average molecular weight is 295 g/mol. The predicted molar refractivity (Wildman–Crippen MR) is 67.8 cm³/mol. The van der Waals surface area contributed by atoms with Crippen LogP contribution in [0.1, 0.15) is 17.4 Å². The molecule has 2 aromatic rings. The Morgan fingerprint density at radius 3 is 2.82 bits per heavy atom. The summed E-state index contributed by atoms with van der Waals surface area (Å²) in [6, 6.07) is 7.24. The highest BCUT2D eigenvalue weighted by molar-refractivity contribution is 9.10. The fourth-order valence-electron chi connectivity index (χ4n) is 1.59. The maximum absolute atomic E-state index is 11.5. The van der Waals surface area contributed by atoms with E-state index in [-0.39, 0.29) is 5.78 Å². The van der Waals surface area contributed by atoms with Gasteiger partial charge in [0.25, 0.3) is 0 Å². The van der Waals surface area contributed by atoms with Gasteiger partial charge in [-0.3, -0.25) is 4.79 Å². The number of nitrogens with zero attached hydrogens (tertiary/aromatic N) is 2. The average Bonchev–Trinajstić information content (AvgIpc) is 2.77. The summed E-state index contributed by atoms with van der Waals surface area (Å²) in [6.07, 6.45) is 1.59. The highest BCUT2D eigenvalue weighted by atomic mass is 79.9. The van der Waals surface area contributed by atoms with Crippen LogP contribution in [0.15, 0.2) is 34.9 Å². The smallest absolute Gasteiger partial charge is 0.178 e. The Labute approximate surface area is 107 Å². The molecule has 0 aliphatic carbocycles. The number of methoxy groups -OCH3 is 1. The van der Waals surface area contributed by atoms with Crippen molar-refractivity contribution < 1.29 is 9.53 Å². The summed E-state index contributed by atoms with van der Waals surface area (Å²) >= 11 is 3.39. The van der Waals surface area contributed by atoms with Crippen LogP contribution < -0.4 is 4.74 Å². The zero-order chi connectivity index (χ0) is 12.4. The Morgan fingerprint density at radius 1 is 1.41 bits per heavy atom. The molecule has 0 aliphatic heterocycles. The molecule has 0 fully saturated rings. The summed E-state index contributed by atoms with van der Waals surface area (Å²) in [5, 5.41) is 4.15. The van der Waals surface area contributed by atoms with Crippen LogP contribution >= 0.6 is 15.9 Å². The number of ketones is 1. The van der Waals surface area contributed by atoms with Crippen molar-refractivity contribution in [3.63, 3.8) is 0 Å². The van der Waals surface area contributed by atoms with Gasteiger partial charge in [0, 0.05) is 11.4 Å². The summed E-state index contributed by atoms with van der Waals surface area (Å²) in [4.78, 5) is 11.5. The van der Waals surface area contributed by atoms with Gasteiger partial charge in [0.1, 0.15) is 17.1 Å². The van der Waals surface area contributed by atoms with Crippen LogP contribution in [-0.2, 0) is 0 Å². The van der Waals surface area contributed by atoms with Gasteiger partial charge in [0.15, 0.2) is 5.78 Å². The van der Waals surface area contributed by atoms with E-state index < -0.39 is 0 Å². The lowest BCUT2D eigenvalue weighted by molar-refractivity contribution is 0.101. The Bertz CT molecular complexity index is 563. The molecule has 0 saturated carbocycles. The molecule has 0 atom stereocenters. The number of Topliss-reactive ketones (excluding diaryl/α,β-unsaturated/α-hetero) is 1. The molecule has 5 heteroatoms. The topological polar surface area (TPSA) is 44.1 Å². The molecule has 0 bridgehead atoms. The van der Waals surface area contributed by atoms with E-state index in [4.69, 9.17) is 4.74 Å². The second-order valence-corrected chi connectivity index (χ2v) is 4.42. The third-order valence-electron chi connectivity index (χ3n) is 2.37. The molecule has 1 heterocycles. The van der Waals surface area contributed by atoms with Gasteiger partial charge in [0.05, 0.1) is 13.3 Å². The monoisotopic (exact) mass is 294 g/mol. The van der Waals surface area contributed by atoms with Crippen molar-refractivity contribution in [2.24, 2.45) is 0 Å². The van der Waals surface area contributed by atoms with Gasteiger partial charge < -0.3 is 4.74 Å². The molecule has 0 aliphatic rings. The van der Waals surface area contributed by atoms with Crippen molar-refractivity contribution in [3.05, 3.63) is 40.6 Å². The minimum Gasteiger partial charge on any atom is -0.494 e. The highest BCUT2D eigenvalue weighted by Gasteiger charge is 2.13. The number of halogens is 1. The molecule has 0 amide bonds. The van der Waals surface area contributed by atoms with Gasteiger partial charge in [-0.15, -0.1) is 0 Å². The third-order valence-corrected chi connectivity index (χ3v) is 2.87. The van der Waals surface area contributed by atoms with E-state index in [2.05, 4.69) is 21.0 Å². The second-order valence-electron chi connectivity index (χ2n) is 3.50. The SMILES string of the molecule is COc1ccc(Br)cc1-n1nccc1C(C)=O. The normalized spacial score (nSPS) is 10.3. The lowest BCUT2D eigenvalue weighted by Gasteiger charge is -2.10. The van der Waals surface area contributed by atoms with Crippen LogP contribution in [0.4, 0.5) is 0 Å². The summed E-state index contributed by atoms with van der Waals surface area (Å²) in [5.74, 6) is 0.629. The molecule has 0 spiro atoms. The molecule has 88 valence electrons. The van der Waals surface area contributed by atoms with Gasteiger partial charge in [-0.1, -0.05) is 15.9 Å². The van der Waals surface area contributed by atoms with Gasteiger partial charge in [-0.25, -0.2) is 4.68 Å². The van der Waals surface area contributed by atoms with Gasteiger partial charge >= 0.3 is 0 Å². The third kappa shape index (κ3) is 2.24. The lowest BCUT2D eigenvalue weighted by atomic mass is 10.2. The largest absolute Gasteiger partial charge is 0.494 e. The second kappa shape index (κ2) is 4.71. The van der Waals surface area contributed by atoms with E-state index in [1.54, 1.807) is 24.1 Å². The summed E-state index contributed by atoms with van der Waals surface area (Å²) in [7, 11) is 1.59. The molecule has 0 N–H and O–H groups in total. The minimum atomic E-state index is -0.0375. The Kier molecular flexibility index (Phi) is 3.28. The number of benzene rings is 1. The Morgan fingerprint density at radius 2 is 2.18 bits per heavy atom. The van der Waals surface area contributed by atoms with Crippen molar-refractivity contribution in [1.29, 1.82) is 0 Å². The van der Waals surface area contributed by atoms with Crippen molar-refractivity contribution in [3.8, 4) is 11.4 Å². The Balaban J connectivity index is 2.63. The molecular weight excluding hydrogens is 284 g/mol. The first-order valence-electron chi connectivity index (χ1n) is 5.02. The number of carbonyl (C=O) groups is 1. The standard InChI is InChI=1S/C12H11BrN2O2/c1-8(16)10-5-6-14-15(10)11-7-9(13)3-4-12(11)17-2/h3-7H,1-2H3. The number of ether oxygens (including phenoxy) is 1. The molecule has 4 nitrogen and oxygen atoms in total. The summed E-state index contributed by atoms with van der Waals surface area (Å²) in [6.45, 7) is 1.51. The summed E-state index contributed by atoms with van der Waals surface area (Å²) in [5.41, 5.74) is 1.26. The first-order valence-corrected chi connectivity index (χ1v) is 5.81. The van der Waals surface area contributed by atoms with Crippen molar-refractivity contribution in [2.45, 2.75) is 6.92 Å². The molecule has 2 rings (SSSR count). The number of aromatic nitrogens is 2. The van der Waals surface area contributed by atoms with Gasteiger partial charge in [-0.2, -0.15) is 5.10 Å². The fraction of sp³-hybridized carbons (Fsp3) is 0.167. The first kappa shape index (κ1) is 11.9. The van der Waals surface area contributed by atoms with E-state index in [0.29, 0.717) is 11.4 Å². The quantitative estimate of drug-likeness (QED) is 0.818. The molecular formula is C12H11BrN2O2. The molecule has 0 radical (unpaired) electrons. The number of hydrogen-bond donors (Lipinski definition) is 0. The molecule has 0 saturated heterocycles. The van der Waals surface area contributed by atoms with Crippen molar-refractivity contribution >= 4 is 21.7 Å². The van der Waals surface area contributed by atoms with Crippen LogP contribution in [0, 0.1) is 0 Å². The molecule has 1 aromatic heterocycles. The first-order chi connectivity index (χ1) is 8.13. The minimum absolute atomic E-state index is 0.0375. The summed E-state index contributed by atoms with van der Waals surface area (Å²) < 4.78 is 7.74. The zero-order valence-electron chi connectivity index (χ0n) is 9.48. The van der Waals surface area contributed by atoms with Crippen LogP contribution in [0.5, 0.6) is 5.75 Å².